The van der Waals surface area contributed by atoms with E-state index in [0.717, 1.165) is 4.90 Å². The summed E-state index contributed by atoms with van der Waals surface area (Å²) < 4.78 is 4.84. The Morgan fingerprint density at radius 1 is 1.26 bits per heavy atom. The minimum Gasteiger partial charge on any atom is -0.454 e. The van der Waals surface area contributed by atoms with Gasteiger partial charge in [0.25, 0.3) is 17.7 Å². The molecule has 0 radical (unpaired) electrons. The molecule has 1 aromatic rings. The molecule has 0 aliphatic carbocycles. The van der Waals surface area contributed by atoms with Crippen molar-refractivity contribution in [3.63, 3.8) is 0 Å². The van der Waals surface area contributed by atoms with Gasteiger partial charge in [0.15, 0.2) is 6.61 Å². The highest BCUT2D eigenvalue weighted by atomic mass is 16.5. The van der Waals surface area contributed by atoms with Crippen molar-refractivity contribution < 1.29 is 23.9 Å². The van der Waals surface area contributed by atoms with Gasteiger partial charge in [0, 0.05) is 6.54 Å². The van der Waals surface area contributed by atoms with Gasteiger partial charge in [-0.3, -0.25) is 19.3 Å². The SMILES string of the molecule is C=CCNC(=O)COC(=O)[C@H](C)N1C(=O)c2ccccc2C1=O. The lowest BCUT2D eigenvalue weighted by Gasteiger charge is -2.20. The maximum absolute atomic E-state index is 12.2. The molecule has 1 aliphatic heterocycles. The van der Waals surface area contributed by atoms with Crippen LogP contribution in [0.3, 0.4) is 0 Å². The molecule has 0 spiro atoms. The van der Waals surface area contributed by atoms with Crippen molar-refractivity contribution in [1.82, 2.24) is 10.2 Å². The van der Waals surface area contributed by atoms with Crippen LogP contribution < -0.4 is 5.32 Å². The van der Waals surface area contributed by atoms with Gasteiger partial charge in [0.05, 0.1) is 11.1 Å². The molecule has 0 unspecified atom stereocenters. The van der Waals surface area contributed by atoms with Gasteiger partial charge in [0.1, 0.15) is 6.04 Å². The summed E-state index contributed by atoms with van der Waals surface area (Å²) in [7, 11) is 0. The minimum absolute atomic E-state index is 0.251. The number of ether oxygens (including phenoxy) is 1. The molecule has 0 saturated carbocycles. The monoisotopic (exact) mass is 316 g/mol. The van der Waals surface area contributed by atoms with Crippen molar-refractivity contribution in [2.24, 2.45) is 0 Å². The Hall–Kier alpha value is -2.96. The molecule has 3 amide bonds. The lowest BCUT2D eigenvalue weighted by molar-refractivity contribution is -0.151. The lowest BCUT2D eigenvalue weighted by atomic mass is 10.1. The molecule has 23 heavy (non-hydrogen) atoms. The van der Waals surface area contributed by atoms with Crippen LogP contribution in [0.4, 0.5) is 0 Å². The van der Waals surface area contributed by atoms with Crippen LogP contribution in [0.1, 0.15) is 27.6 Å². The molecule has 7 nitrogen and oxygen atoms in total. The van der Waals surface area contributed by atoms with Crippen LogP contribution in [0, 0.1) is 0 Å². The van der Waals surface area contributed by atoms with Gasteiger partial charge in [0.2, 0.25) is 0 Å². The van der Waals surface area contributed by atoms with E-state index < -0.39 is 36.3 Å². The van der Waals surface area contributed by atoms with E-state index in [1.807, 2.05) is 0 Å². The van der Waals surface area contributed by atoms with Gasteiger partial charge in [-0.2, -0.15) is 0 Å². The number of amides is 3. The molecule has 0 bridgehead atoms. The number of rotatable bonds is 6. The number of nitrogens with one attached hydrogen (secondary N) is 1. The van der Waals surface area contributed by atoms with Crippen molar-refractivity contribution in [1.29, 1.82) is 0 Å². The molecule has 1 aromatic carbocycles. The summed E-state index contributed by atoms with van der Waals surface area (Å²) >= 11 is 0. The zero-order valence-electron chi connectivity index (χ0n) is 12.6. The Kier molecular flexibility index (Phi) is 4.90. The lowest BCUT2D eigenvalue weighted by Crippen LogP contribution is -2.44. The number of benzene rings is 1. The first-order chi connectivity index (χ1) is 11.0. The Morgan fingerprint density at radius 2 is 1.83 bits per heavy atom. The van der Waals surface area contributed by atoms with E-state index in [-0.39, 0.29) is 17.7 Å². The zero-order chi connectivity index (χ0) is 17.0. The van der Waals surface area contributed by atoms with Crippen LogP contribution in [0.2, 0.25) is 0 Å². The van der Waals surface area contributed by atoms with Gasteiger partial charge in [-0.25, -0.2) is 4.79 Å². The number of imide groups is 1. The number of esters is 1. The number of nitrogens with zero attached hydrogens (tertiary/aromatic N) is 1. The molecule has 2 rings (SSSR count). The van der Waals surface area contributed by atoms with Crippen LogP contribution in [0.25, 0.3) is 0 Å². The molecule has 1 heterocycles. The number of fused-ring (bicyclic) bond motifs is 1. The fourth-order valence-corrected chi connectivity index (χ4v) is 2.16. The summed E-state index contributed by atoms with van der Waals surface area (Å²) in [6.45, 7) is 4.59. The van der Waals surface area contributed by atoms with E-state index in [9.17, 15) is 19.2 Å². The van der Waals surface area contributed by atoms with E-state index in [4.69, 9.17) is 4.74 Å². The van der Waals surface area contributed by atoms with Gasteiger partial charge in [-0.05, 0) is 19.1 Å². The molecule has 1 N–H and O–H groups in total. The van der Waals surface area contributed by atoms with Gasteiger partial charge >= 0.3 is 5.97 Å². The van der Waals surface area contributed by atoms with Crippen LogP contribution in [-0.2, 0) is 14.3 Å². The van der Waals surface area contributed by atoms with Crippen LogP contribution in [0.5, 0.6) is 0 Å². The van der Waals surface area contributed by atoms with E-state index in [1.54, 1.807) is 12.1 Å². The third-order valence-electron chi connectivity index (χ3n) is 3.34. The van der Waals surface area contributed by atoms with Crippen molar-refractivity contribution in [2.45, 2.75) is 13.0 Å². The number of hydrogen-bond donors (Lipinski definition) is 1. The maximum atomic E-state index is 12.2. The first-order valence-electron chi connectivity index (χ1n) is 6.98. The fourth-order valence-electron chi connectivity index (χ4n) is 2.16. The van der Waals surface area contributed by atoms with Gasteiger partial charge in [-0.15, -0.1) is 6.58 Å². The highest BCUT2D eigenvalue weighted by molar-refractivity contribution is 6.22. The Balaban J connectivity index is 2.01. The molecule has 0 aromatic heterocycles. The normalized spacial score (nSPS) is 14.2. The second-order valence-electron chi connectivity index (χ2n) is 4.90. The smallest absolute Gasteiger partial charge is 0.329 e. The van der Waals surface area contributed by atoms with E-state index in [1.165, 1.54) is 25.1 Å². The average molecular weight is 316 g/mol. The largest absolute Gasteiger partial charge is 0.454 e. The third kappa shape index (κ3) is 3.28. The number of carbonyl (C=O) groups excluding carboxylic acids is 4. The van der Waals surface area contributed by atoms with Crippen molar-refractivity contribution in [3.05, 3.63) is 48.0 Å². The van der Waals surface area contributed by atoms with Gasteiger partial charge < -0.3 is 10.1 Å². The topological polar surface area (TPSA) is 92.8 Å². The van der Waals surface area contributed by atoms with E-state index in [2.05, 4.69) is 11.9 Å². The summed E-state index contributed by atoms with van der Waals surface area (Å²) in [6.07, 6.45) is 1.49. The highest BCUT2D eigenvalue weighted by Crippen LogP contribution is 2.24. The predicted molar refractivity (Wildman–Crippen MR) is 80.6 cm³/mol. The standard InChI is InChI=1S/C16H16N2O5/c1-3-8-17-13(19)9-23-16(22)10(2)18-14(20)11-6-4-5-7-12(11)15(18)21/h3-7,10H,1,8-9H2,2H3,(H,17,19)/t10-/m0/s1. The maximum Gasteiger partial charge on any atom is 0.329 e. The Bertz CT molecular complexity index is 648. The summed E-state index contributed by atoms with van der Waals surface area (Å²) in [5, 5.41) is 2.45. The summed E-state index contributed by atoms with van der Waals surface area (Å²) in [5.41, 5.74) is 0.502. The highest BCUT2D eigenvalue weighted by Gasteiger charge is 2.41. The summed E-state index contributed by atoms with van der Waals surface area (Å²) in [6, 6.07) is 5.21. The van der Waals surface area contributed by atoms with Crippen LogP contribution in [0.15, 0.2) is 36.9 Å². The van der Waals surface area contributed by atoms with Crippen LogP contribution in [-0.4, -0.2) is 47.8 Å². The van der Waals surface area contributed by atoms with Crippen molar-refractivity contribution >= 4 is 23.7 Å². The van der Waals surface area contributed by atoms with Crippen molar-refractivity contribution in [2.75, 3.05) is 13.2 Å². The molecule has 7 heteroatoms. The molecule has 1 aliphatic rings. The molecule has 120 valence electrons. The van der Waals surface area contributed by atoms with Gasteiger partial charge in [-0.1, -0.05) is 18.2 Å². The molecular weight excluding hydrogens is 300 g/mol. The summed E-state index contributed by atoms with van der Waals surface area (Å²) in [4.78, 5) is 48.7. The third-order valence-corrected chi connectivity index (χ3v) is 3.34. The Labute approximate surface area is 132 Å². The van der Waals surface area contributed by atoms with E-state index >= 15 is 0 Å². The second kappa shape index (κ2) is 6.87. The number of hydrogen-bond acceptors (Lipinski definition) is 5. The quantitative estimate of drug-likeness (QED) is 0.469. The number of carbonyl (C=O) groups is 4. The van der Waals surface area contributed by atoms with E-state index in [0.29, 0.717) is 0 Å². The minimum atomic E-state index is -1.12. The fraction of sp³-hybridized carbons (Fsp3) is 0.250. The summed E-state index contributed by atoms with van der Waals surface area (Å²) in [5.74, 6) is -2.42. The Morgan fingerprint density at radius 3 is 2.35 bits per heavy atom. The second-order valence-corrected chi connectivity index (χ2v) is 4.90. The predicted octanol–water partition coefficient (Wildman–Crippen LogP) is 0.516. The average Bonchev–Trinajstić information content (AvgIpc) is 2.81. The van der Waals surface area contributed by atoms with Crippen LogP contribution >= 0.6 is 0 Å². The molecule has 1 atom stereocenters. The molecule has 0 saturated heterocycles. The first kappa shape index (κ1) is 16.4. The van der Waals surface area contributed by atoms with Crippen molar-refractivity contribution in [3.8, 4) is 0 Å². The molecule has 0 fully saturated rings. The first-order valence-corrected chi connectivity index (χ1v) is 6.98. The molecular formula is C16H16N2O5. The zero-order valence-corrected chi connectivity index (χ0v) is 12.6.